The van der Waals surface area contributed by atoms with Crippen molar-refractivity contribution < 1.29 is 14.6 Å². The fourth-order valence-corrected chi connectivity index (χ4v) is 1.91. The predicted molar refractivity (Wildman–Crippen MR) is 56.5 cm³/mol. The van der Waals surface area contributed by atoms with Crippen LogP contribution in [0.15, 0.2) is 0 Å². The molecule has 0 aliphatic carbocycles. The van der Waals surface area contributed by atoms with Gasteiger partial charge in [-0.05, 0) is 19.8 Å². The summed E-state index contributed by atoms with van der Waals surface area (Å²) in [7, 11) is 0. The Hall–Kier alpha value is -1.05. The Balaban J connectivity index is 2.54. The lowest BCUT2D eigenvalue weighted by Crippen LogP contribution is -2.44. The highest BCUT2D eigenvalue weighted by molar-refractivity contribution is 5.69. The molecule has 4 nitrogen and oxygen atoms in total. The minimum Gasteiger partial charge on any atom is -0.480 e. The fraction of sp³-hybridized carbons (Fsp3) is 0.727. The summed E-state index contributed by atoms with van der Waals surface area (Å²) in [4.78, 5) is 12.5. The van der Waals surface area contributed by atoms with Crippen molar-refractivity contribution in [3.8, 4) is 12.3 Å². The van der Waals surface area contributed by atoms with E-state index < -0.39 is 5.97 Å². The van der Waals surface area contributed by atoms with E-state index in [4.69, 9.17) is 16.3 Å². The summed E-state index contributed by atoms with van der Waals surface area (Å²) in [6.07, 6.45) is 7.14. The number of carboxylic acids is 1. The van der Waals surface area contributed by atoms with Crippen LogP contribution in [0.2, 0.25) is 0 Å². The van der Waals surface area contributed by atoms with Crippen LogP contribution in [0.4, 0.5) is 0 Å². The van der Waals surface area contributed by atoms with Crippen LogP contribution in [0.1, 0.15) is 19.8 Å². The van der Waals surface area contributed by atoms with Crippen LogP contribution < -0.4 is 0 Å². The molecule has 1 N–H and O–H groups in total. The second-order valence-electron chi connectivity index (χ2n) is 3.86. The molecule has 0 aromatic rings. The number of terminal acetylenes is 1. The zero-order chi connectivity index (χ0) is 11.3. The van der Waals surface area contributed by atoms with Crippen LogP contribution in [0, 0.1) is 12.3 Å². The van der Waals surface area contributed by atoms with E-state index >= 15 is 0 Å². The normalized spacial score (nSPS) is 26.2. The number of hydrogen-bond donors (Lipinski definition) is 1. The molecular formula is C11H17NO3. The highest BCUT2D eigenvalue weighted by atomic mass is 16.5. The van der Waals surface area contributed by atoms with E-state index in [0.29, 0.717) is 13.2 Å². The number of aliphatic carboxylic acids is 1. The molecule has 4 heteroatoms. The van der Waals surface area contributed by atoms with Gasteiger partial charge in [-0.3, -0.25) is 9.69 Å². The standard InChI is InChI=1S/C11H17NO3/c1-3-5-12(8-11(13)14)10-4-6-15-9(2)7-10/h1,9-10H,4-8H2,2H3,(H,13,14). The Labute approximate surface area is 90.2 Å². The zero-order valence-electron chi connectivity index (χ0n) is 8.98. The number of rotatable bonds is 4. The Bertz CT molecular complexity index is 259. The van der Waals surface area contributed by atoms with Crippen molar-refractivity contribution in [3.05, 3.63) is 0 Å². The summed E-state index contributed by atoms with van der Waals surface area (Å²) in [5, 5.41) is 8.77. The predicted octanol–water partition coefficient (Wildman–Crippen LogP) is 0.574. The first-order valence-corrected chi connectivity index (χ1v) is 5.14. The van der Waals surface area contributed by atoms with E-state index in [0.717, 1.165) is 12.8 Å². The highest BCUT2D eigenvalue weighted by Gasteiger charge is 2.25. The van der Waals surface area contributed by atoms with E-state index in [1.165, 1.54) is 0 Å². The van der Waals surface area contributed by atoms with E-state index in [1.54, 1.807) is 0 Å². The van der Waals surface area contributed by atoms with Gasteiger partial charge in [0.25, 0.3) is 0 Å². The van der Waals surface area contributed by atoms with Gasteiger partial charge in [0.2, 0.25) is 0 Å². The van der Waals surface area contributed by atoms with Crippen molar-refractivity contribution >= 4 is 5.97 Å². The van der Waals surface area contributed by atoms with Crippen LogP contribution >= 0.6 is 0 Å². The van der Waals surface area contributed by atoms with Gasteiger partial charge in [-0.2, -0.15) is 0 Å². The maximum absolute atomic E-state index is 10.7. The molecule has 84 valence electrons. The summed E-state index contributed by atoms with van der Waals surface area (Å²) < 4.78 is 5.42. The fourth-order valence-electron chi connectivity index (χ4n) is 1.91. The van der Waals surface area contributed by atoms with Crippen molar-refractivity contribution in [2.24, 2.45) is 0 Å². The van der Waals surface area contributed by atoms with Crippen LogP contribution in [-0.2, 0) is 9.53 Å². The van der Waals surface area contributed by atoms with E-state index in [1.807, 2.05) is 11.8 Å². The molecule has 0 amide bonds. The Morgan fingerprint density at radius 1 is 1.73 bits per heavy atom. The number of hydrogen-bond acceptors (Lipinski definition) is 3. The van der Waals surface area contributed by atoms with E-state index in [9.17, 15) is 4.79 Å². The minimum atomic E-state index is -0.829. The molecule has 15 heavy (non-hydrogen) atoms. The third-order valence-corrected chi connectivity index (χ3v) is 2.61. The zero-order valence-corrected chi connectivity index (χ0v) is 8.98. The lowest BCUT2D eigenvalue weighted by atomic mass is 10.0. The quantitative estimate of drug-likeness (QED) is 0.691. The molecule has 0 spiro atoms. The van der Waals surface area contributed by atoms with Gasteiger partial charge < -0.3 is 9.84 Å². The topological polar surface area (TPSA) is 49.8 Å². The molecule has 1 aliphatic rings. The molecule has 0 bridgehead atoms. The van der Waals surface area contributed by atoms with Crippen LogP contribution in [-0.4, -0.2) is 47.8 Å². The molecule has 0 aromatic heterocycles. The maximum Gasteiger partial charge on any atom is 0.317 e. The average molecular weight is 211 g/mol. The van der Waals surface area contributed by atoms with Gasteiger partial charge >= 0.3 is 5.97 Å². The van der Waals surface area contributed by atoms with Crippen molar-refractivity contribution in [2.45, 2.75) is 31.9 Å². The van der Waals surface area contributed by atoms with Crippen molar-refractivity contribution in [3.63, 3.8) is 0 Å². The molecule has 1 aliphatic heterocycles. The third kappa shape index (κ3) is 3.90. The molecule has 0 saturated carbocycles. The van der Waals surface area contributed by atoms with Gasteiger partial charge in [0, 0.05) is 12.6 Å². The Kier molecular flexibility index (Phi) is 4.60. The molecule has 2 atom stereocenters. The van der Waals surface area contributed by atoms with Gasteiger partial charge in [0.05, 0.1) is 19.2 Å². The first-order valence-electron chi connectivity index (χ1n) is 5.14. The Morgan fingerprint density at radius 3 is 3.00 bits per heavy atom. The summed E-state index contributed by atoms with van der Waals surface area (Å²) in [6.45, 7) is 3.10. The smallest absolute Gasteiger partial charge is 0.317 e. The monoisotopic (exact) mass is 211 g/mol. The molecule has 2 unspecified atom stereocenters. The summed E-state index contributed by atoms with van der Waals surface area (Å²) in [6, 6.07) is 0.237. The number of carboxylic acid groups (broad SMARTS) is 1. The van der Waals surface area contributed by atoms with Crippen molar-refractivity contribution in [2.75, 3.05) is 19.7 Å². The average Bonchev–Trinajstić information content (AvgIpc) is 2.16. The maximum atomic E-state index is 10.7. The van der Waals surface area contributed by atoms with Crippen LogP contribution in [0.3, 0.4) is 0 Å². The first-order chi connectivity index (χ1) is 7.13. The number of ether oxygens (including phenoxy) is 1. The number of nitrogens with zero attached hydrogens (tertiary/aromatic N) is 1. The van der Waals surface area contributed by atoms with Gasteiger partial charge in [-0.1, -0.05) is 5.92 Å². The summed E-state index contributed by atoms with van der Waals surface area (Å²) in [5.41, 5.74) is 0. The van der Waals surface area contributed by atoms with Crippen LogP contribution in [0.5, 0.6) is 0 Å². The van der Waals surface area contributed by atoms with Crippen molar-refractivity contribution in [1.29, 1.82) is 0 Å². The van der Waals surface area contributed by atoms with Gasteiger partial charge in [-0.15, -0.1) is 6.42 Å². The second kappa shape index (κ2) is 5.74. The molecule has 0 radical (unpaired) electrons. The summed E-state index contributed by atoms with van der Waals surface area (Å²) in [5.74, 6) is 1.68. The molecule has 1 fully saturated rings. The lowest BCUT2D eigenvalue weighted by molar-refractivity contribution is -0.139. The first kappa shape index (κ1) is 12.0. The molecule has 0 aromatic carbocycles. The van der Waals surface area contributed by atoms with E-state index in [-0.39, 0.29) is 18.7 Å². The SMILES string of the molecule is C#CCN(CC(=O)O)C1CCOC(C)C1. The van der Waals surface area contributed by atoms with Gasteiger partial charge in [0.15, 0.2) is 0 Å². The van der Waals surface area contributed by atoms with E-state index in [2.05, 4.69) is 5.92 Å². The van der Waals surface area contributed by atoms with Gasteiger partial charge in [-0.25, -0.2) is 0 Å². The summed E-state index contributed by atoms with van der Waals surface area (Å²) >= 11 is 0. The van der Waals surface area contributed by atoms with Crippen LogP contribution in [0.25, 0.3) is 0 Å². The second-order valence-corrected chi connectivity index (χ2v) is 3.86. The largest absolute Gasteiger partial charge is 0.480 e. The number of carbonyl (C=O) groups is 1. The lowest BCUT2D eigenvalue weighted by Gasteiger charge is -2.34. The third-order valence-electron chi connectivity index (χ3n) is 2.61. The molecule has 1 rings (SSSR count). The highest BCUT2D eigenvalue weighted by Crippen LogP contribution is 2.18. The minimum absolute atomic E-state index is 0.0155. The molecule has 1 heterocycles. The van der Waals surface area contributed by atoms with Crippen molar-refractivity contribution in [1.82, 2.24) is 4.90 Å². The Morgan fingerprint density at radius 2 is 2.47 bits per heavy atom. The van der Waals surface area contributed by atoms with Gasteiger partial charge in [0.1, 0.15) is 0 Å². The molecular weight excluding hydrogens is 194 g/mol. The molecule has 1 saturated heterocycles.